The average Bonchev–Trinajstić information content (AvgIpc) is 1.96. The van der Waals surface area contributed by atoms with E-state index >= 15 is 0 Å². The van der Waals surface area contributed by atoms with Crippen LogP contribution in [-0.4, -0.2) is 0 Å². The van der Waals surface area contributed by atoms with E-state index in [1.165, 1.54) is 0 Å². The Morgan fingerprint density at radius 2 is 1.82 bits per heavy atom. The standard InChI is InChI=1S/C6H2F3N2/c7-3-1-4(8)6(9)5(2-3)11-10/h1-2H/q+1. The second kappa shape index (κ2) is 2.58. The zero-order valence-electron chi connectivity index (χ0n) is 5.18. The molecule has 56 valence electrons. The maximum absolute atomic E-state index is 12.4. The lowest BCUT2D eigenvalue weighted by Crippen LogP contribution is -1.85. The molecule has 0 fully saturated rings. The third-order valence-corrected chi connectivity index (χ3v) is 1.08. The summed E-state index contributed by atoms with van der Waals surface area (Å²) in [5.74, 6) is -3.73. The lowest BCUT2D eigenvalue weighted by Gasteiger charge is -1.87. The van der Waals surface area contributed by atoms with E-state index in [-0.39, 0.29) is 0 Å². The number of hydrogen-bond acceptors (Lipinski definition) is 1. The smallest absolute Gasteiger partial charge is 0.207 e. The van der Waals surface area contributed by atoms with Crippen LogP contribution >= 0.6 is 0 Å². The highest BCUT2D eigenvalue weighted by Gasteiger charge is 2.20. The van der Waals surface area contributed by atoms with Gasteiger partial charge in [-0.1, -0.05) is 0 Å². The molecule has 1 rings (SSSR count). The van der Waals surface area contributed by atoms with Gasteiger partial charge in [-0.3, -0.25) is 0 Å². The van der Waals surface area contributed by atoms with Crippen LogP contribution < -0.4 is 0 Å². The van der Waals surface area contributed by atoms with Crippen molar-refractivity contribution in [3.8, 4) is 0 Å². The summed E-state index contributed by atoms with van der Waals surface area (Å²) in [7, 11) is 0. The van der Waals surface area contributed by atoms with Crippen molar-refractivity contribution in [3.63, 3.8) is 0 Å². The highest BCUT2D eigenvalue weighted by Crippen LogP contribution is 2.21. The van der Waals surface area contributed by atoms with Gasteiger partial charge in [-0.2, -0.15) is 4.39 Å². The van der Waals surface area contributed by atoms with E-state index in [4.69, 9.17) is 5.39 Å². The van der Waals surface area contributed by atoms with E-state index in [2.05, 4.69) is 4.98 Å². The first-order valence-electron chi connectivity index (χ1n) is 2.65. The van der Waals surface area contributed by atoms with Crippen LogP contribution in [0.2, 0.25) is 0 Å². The maximum atomic E-state index is 12.4. The van der Waals surface area contributed by atoms with Gasteiger partial charge >= 0.3 is 5.69 Å². The number of benzene rings is 1. The molecular formula is C6H2F3N2+. The topological polar surface area (TPSA) is 28.1 Å². The van der Waals surface area contributed by atoms with E-state index in [1.54, 1.807) is 0 Å². The molecule has 0 bridgehead atoms. The van der Waals surface area contributed by atoms with Crippen LogP contribution in [0.5, 0.6) is 0 Å². The molecule has 5 heteroatoms. The molecule has 0 aromatic heterocycles. The number of diazo groups is 1. The summed E-state index contributed by atoms with van der Waals surface area (Å²) in [5.41, 5.74) is -0.748. The molecule has 0 N–H and O–H groups in total. The Morgan fingerprint density at radius 1 is 1.18 bits per heavy atom. The Morgan fingerprint density at radius 3 is 2.36 bits per heavy atom. The van der Waals surface area contributed by atoms with Crippen molar-refractivity contribution in [2.75, 3.05) is 0 Å². The quantitative estimate of drug-likeness (QED) is 0.422. The molecule has 0 saturated carbocycles. The highest BCUT2D eigenvalue weighted by atomic mass is 19.2. The van der Waals surface area contributed by atoms with Crippen LogP contribution in [0.4, 0.5) is 18.9 Å². The summed E-state index contributed by atoms with van der Waals surface area (Å²) in [6.45, 7) is 0. The number of nitrogens with zero attached hydrogens (tertiary/aromatic N) is 2. The molecule has 2 nitrogen and oxygen atoms in total. The molecule has 0 aliphatic rings. The second-order valence-corrected chi connectivity index (χ2v) is 1.82. The third kappa shape index (κ3) is 1.29. The fourth-order valence-corrected chi connectivity index (χ4v) is 0.615. The predicted molar refractivity (Wildman–Crippen MR) is 31.1 cm³/mol. The van der Waals surface area contributed by atoms with Crippen LogP contribution in [0.3, 0.4) is 0 Å². The first kappa shape index (κ1) is 7.54. The van der Waals surface area contributed by atoms with Crippen molar-refractivity contribution in [1.82, 2.24) is 0 Å². The summed E-state index contributed by atoms with van der Waals surface area (Å²) in [4.78, 5) is 2.34. The molecule has 11 heavy (non-hydrogen) atoms. The van der Waals surface area contributed by atoms with E-state index in [0.717, 1.165) is 0 Å². The largest absolute Gasteiger partial charge is 0.426 e. The van der Waals surface area contributed by atoms with Crippen LogP contribution in [-0.2, 0) is 0 Å². The second-order valence-electron chi connectivity index (χ2n) is 1.82. The van der Waals surface area contributed by atoms with E-state index in [9.17, 15) is 13.2 Å². The van der Waals surface area contributed by atoms with Crippen molar-refractivity contribution in [3.05, 3.63) is 34.6 Å². The van der Waals surface area contributed by atoms with Gasteiger partial charge < -0.3 is 0 Å². The molecule has 0 spiro atoms. The molecule has 0 amide bonds. The summed E-state index contributed by atoms with van der Waals surface area (Å²) in [5, 5.41) is 8.02. The molecule has 0 aliphatic heterocycles. The number of halogens is 3. The van der Waals surface area contributed by atoms with E-state index in [0.29, 0.717) is 12.1 Å². The van der Waals surface area contributed by atoms with Gasteiger partial charge in [-0.25, -0.2) is 8.78 Å². The van der Waals surface area contributed by atoms with Crippen molar-refractivity contribution >= 4 is 5.69 Å². The first-order chi connectivity index (χ1) is 5.15. The number of hydrogen-bond donors (Lipinski definition) is 0. The summed E-state index contributed by atoms with van der Waals surface area (Å²) >= 11 is 0. The number of rotatable bonds is 0. The Balaban J connectivity index is 3.39. The van der Waals surface area contributed by atoms with Crippen molar-refractivity contribution < 1.29 is 13.2 Å². The lowest BCUT2D eigenvalue weighted by atomic mass is 10.3. The van der Waals surface area contributed by atoms with Crippen molar-refractivity contribution in [2.45, 2.75) is 0 Å². The molecule has 1 aromatic rings. The zero-order chi connectivity index (χ0) is 8.43. The third-order valence-electron chi connectivity index (χ3n) is 1.08. The van der Waals surface area contributed by atoms with E-state index in [1.807, 2.05) is 0 Å². The fraction of sp³-hybridized carbons (Fsp3) is 0. The van der Waals surface area contributed by atoms with Gasteiger partial charge in [0.15, 0.2) is 10.8 Å². The summed E-state index contributed by atoms with van der Waals surface area (Å²) < 4.78 is 36.8. The lowest BCUT2D eigenvalue weighted by molar-refractivity contribution is 0.499. The minimum atomic E-state index is -1.38. The van der Waals surface area contributed by atoms with Gasteiger partial charge in [-0.15, -0.1) is 0 Å². The minimum Gasteiger partial charge on any atom is -0.207 e. The molecule has 0 atom stereocenters. The monoisotopic (exact) mass is 159 g/mol. The van der Waals surface area contributed by atoms with Gasteiger partial charge in [0.25, 0.3) is 5.82 Å². The first-order valence-corrected chi connectivity index (χ1v) is 2.65. The van der Waals surface area contributed by atoms with Gasteiger partial charge in [-0.05, 0) is 0 Å². The minimum absolute atomic E-state index is 0.365. The molecule has 1 aromatic carbocycles. The van der Waals surface area contributed by atoms with E-state index < -0.39 is 23.1 Å². The Kier molecular flexibility index (Phi) is 1.77. The normalized spacial score (nSPS) is 9.27. The summed E-state index contributed by atoms with van der Waals surface area (Å²) in [6, 6.07) is 0.947. The fourth-order valence-electron chi connectivity index (χ4n) is 0.615. The SMILES string of the molecule is N#[N+]c1cc(F)cc(F)c1F. The molecule has 0 saturated heterocycles. The zero-order valence-corrected chi connectivity index (χ0v) is 5.18. The van der Waals surface area contributed by atoms with Crippen LogP contribution in [0, 0.1) is 22.8 Å². The Hall–Kier alpha value is -1.57. The van der Waals surface area contributed by atoms with Crippen LogP contribution in [0.1, 0.15) is 0 Å². The summed E-state index contributed by atoms with van der Waals surface area (Å²) in [6.07, 6.45) is 0. The van der Waals surface area contributed by atoms with Gasteiger partial charge in [0.1, 0.15) is 5.82 Å². The average molecular weight is 159 g/mol. The molecule has 0 heterocycles. The molecule has 0 radical (unpaired) electrons. The van der Waals surface area contributed by atoms with Crippen molar-refractivity contribution in [2.24, 2.45) is 0 Å². The van der Waals surface area contributed by atoms with Crippen LogP contribution in [0.25, 0.3) is 4.98 Å². The van der Waals surface area contributed by atoms with Gasteiger partial charge in [0.2, 0.25) is 5.39 Å². The molecule has 0 unspecified atom stereocenters. The maximum Gasteiger partial charge on any atom is 0.426 e. The molecule has 0 aliphatic carbocycles. The predicted octanol–water partition coefficient (Wildman–Crippen LogP) is 2.59. The Bertz CT molecular complexity index is 329. The molecular weight excluding hydrogens is 157 g/mol. The van der Waals surface area contributed by atoms with Crippen LogP contribution in [0.15, 0.2) is 12.1 Å². The van der Waals surface area contributed by atoms with Gasteiger partial charge in [0.05, 0.1) is 6.07 Å². The van der Waals surface area contributed by atoms with Gasteiger partial charge in [0, 0.05) is 6.07 Å². The Labute approximate surface area is 59.9 Å². The highest BCUT2D eigenvalue weighted by molar-refractivity contribution is 5.45. The van der Waals surface area contributed by atoms with Crippen molar-refractivity contribution in [1.29, 1.82) is 5.39 Å².